The molecule has 3 heterocycles. The van der Waals surface area contributed by atoms with Gasteiger partial charge in [0.2, 0.25) is 0 Å². The minimum atomic E-state index is 0.434. The summed E-state index contributed by atoms with van der Waals surface area (Å²) in [5.41, 5.74) is 2.15. The van der Waals surface area contributed by atoms with Gasteiger partial charge in [0.1, 0.15) is 25.5 Å². The molecule has 1 aromatic rings. The summed E-state index contributed by atoms with van der Waals surface area (Å²) in [6.45, 7) is 2.99. The van der Waals surface area contributed by atoms with Crippen LogP contribution in [0.2, 0.25) is 0 Å². The standard InChI is InChI=1S/C9H10N4O/c1-7-2-3-8-9-10-5-14-6-12(9)4-11-13(7)8/h2-4H,5-6H2,1H3. The van der Waals surface area contributed by atoms with Crippen molar-refractivity contribution in [2.24, 2.45) is 10.1 Å². The first-order valence-corrected chi connectivity index (χ1v) is 4.48. The highest BCUT2D eigenvalue weighted by molar-refractivity contribution is 6.05. The average Bonchev–Trinajstić information content (AvgIpc) is 2.61. The Labute approximate surface area is 81.3 Å². The van der Waals surface area contributed by atoms with Crippen LogP contribution < -0.4 is 0 Å². The third-order valence-corrected chi connectivity index (χ3v) is 2.39. The quantitative estimate of drug-likeness (QED) is 0.601. The molecule has 0 atom stereocenters. The van der Waals surface area contributed by atoms with Crippen LogP contribution in [0.5, 0.6) is 0 Å². The molecule has 2 aliphatic heterocycles. The number of hydrogen-bond acceptors (Lipinski definition) is 4. The molecule has 5 heteroatoms. The summed E-state index contributed by atoms with van der Waals surface area (Å²) in [6, 6.07) is 4.07. The second-order valence-corrected chi connectivity index (χ2v) is 3.32. The van der Waals surface area contributed by atoms with Crippen LogP contribution in [0.3, 0.4) is 0 Å². The van der Waals surface area contributed by atoms with Crippen molar-refractivity contribution >= 4 is 12.2 Å². The lowest BCUT2D eigenvalue weighted by molar-refractivity contribution is 0.0837. The molecule has 0 spiro atoms. The summed E-state index contributed by atoms with van der Waals surface area (Å²) >= 11 is 0. The maximum Gasteiger partial charge on any atom is 0.159 e. The van der Waals surface area contributed by atoms with Crippen molar-refractivity contribution in [1.82, 2.24) is 9.58 Å². The van der Waals surface area contributed by atoms with Crippen LogP contribution in [0, 0.1) is 6.92 Å². The minimum absolute atomic E-state index is 0.434. The van der Waals surface area contributed by atoms with Gasteiger partial charge < -0.3 is 4.74 Å². The van der Waals surface area contributed by atoms with Gasteiger partial charge in [0.25, 0.3) is 0 Å². The topological polar surface area (TPSA) is 42.1 Å². The number of nitrogens with zero attached hydrogens (tertiary/aromatic N) is 4. The highest BCUT2D eigenvalue weighted by Crippen LogP contribution is 2.16. The van der Waals surface area contributed by atoms with E-state index in [4.69, 9.17) is 4.74 Å². The minimum Gasteiger partial charge on any atom is -0.338 e. The van der Waals surface area contributed by atoms with E-state index in [0.29, 0.717) is 13.5 Å². The summed E-state index contributed by atoms with van der Waals surface area (Å²) in [7, 11) is 0. The van der Waals surface area contributed by atoms with Crippen LogP contribution >= 0.6 is 0 Å². The second-order valence-electron chi connectivity index (χ2n) is 3.32. The third-order valence-electron chi connectivity index (χ3n) is 2.39. The normalized spacial score (nSPS) is 18.9. The number of fused-ring (bicyclic) bond motifs is 3. The number of hydrogen-bond donors (Lipinski definition) is 0. The summed E-state index contributed by atoms with van der Waals surface area (Å²) in [5, 5.41) is 4.29. The van der Waals surface area contributed by atoms with E-state index in [1.165, 1.54) is 0 Å². The molecule has 5 nitrogen and oxygen atoms in total. The van der Waals surface area contributed by atoms with Crippen LogP contribution in [-0.2, 0) is 4.74 Å². The molecular formula is C9H10N4O. The second kappa shape index (κ2) is 2.68. The van der Waals surface area contributed by atoms with E-state index in [9.17, 15) is 0 Å². The van der Waals surface area contributed by atoms with Gasteiger partial charge >= 0.3 is 0 Å². The van der Waals surface area contributed by atoms with Gasteiger partial charge in [0.15, 0.2) is 5.84 Å². The van der Waals surface area contributed by atoms with E-state index >= 15 is 0 Å². The lowest BCUT2D eigenvalue weighted by Crippen LogP contribution is -2.40. The number of amidine groups is 1. The molecule has 72 valence electrons. The molecular weight excluding hydrogens is 180 g/mol. The molecule has 0 aromatic carbocycles. The Kier molecular flexibility index (Phi) is 1.49. The van der Waals surface area contributed by atoms with Crippen LogP contribution in [0.4, 0.5) is 0 Å². The smallest absolute Gasteiger partial charge is 0.159 e. The fourth-order valence-electron chi connectivity index (χ4n) is 1.68. The predicted octanol–water partition coefficient (Wildman–Crippen LogP) is 0.595. The first-order valence-electron chi connectivity index (χ1n) is 4.48. The van der Waals surface area contributed by atoms with E-state index in [1.54, 1.807) is 6.34 Å². The summed E-state index contributed by atoms with van der Waals surface area (Å²) in [6.07, 6.45) is 1.75. The molecule has 0 amide bonds. The molecule has 0 unspecified atom stereocenters. The van der Waals surface area contributed by atoms with Crippen molar-refractivity contribution in [2.75, 3.05) is 13.5 Å². The van der Waals surface area contributed by atoms with Gasteiger partial charge in [-0.3, -0.25) is 4.90 Å². The Morgan fingerprint density at radius 1 is 1.43 bits per heavy atom. The maximum absolute atomic E-state index is 5.20. The summed E-state index contributed by atoms with van der Waals surface area (Å²) < 4.78 is 7.09. The lowest BCUT2D eigenvalue weighted by Gasteiger charge is -2.28. The van der Waals surface area contributed by atoms with E-state index in [2.05, 4.69) is 10.1 Å². The number of rotatable bonds is 0. The Bertz CT molecular complexity index is 432. The average molecular weight is 190 g/mol. The Morgan fingerprint density at radius 3 is 3.29 bits per heavy atom. The van der Waals surface area contributed by atoms with E-state index in [-0.39, 0.29) is 0 Å². The number of aryl methyl sites for hydroxylation is 1. The third kappa shape index (κ3) is 0.927. The van der Waals surface area contributed by atoms with Gasteiger partial charge in [-0.25, -0.2) is 9.67 Å². The number of aliphatic imine (C=N–C) groups is 1. The Balaban J connectivity index is 2.18. The molecule has 0 aliphatic carbocycles. The summed E-state index contributed by atoms with van der Waals surface area (Å²) in [5.74, 6) is 0.944. The van der Waals surface area contributed by atoms with Crippen molar-refractivity contribution in [3.63, 3.8) is 0 Å². The van der Waals surface area contributed by atoms with Gasteiger partial charge in [-0.1, -0.05) is 0 Å². The van der Waals surface area contributed by atoms with Crippen LogP contribution in [0.15, 0.2) is 22.2 Å². The SMILES string of the molecule is Cc1ccc2n1N=CN1COCN=C21. The summed E-state index contributed by atoms with van der Waals surface area (Å²) in [4.78, 5) is 6.22. The van der Waals surface area contributed by atoms with Gasteiger partial charge in [-0.05, 0) is 19.1 Å². The monoisotopic (exact) mass is 190 g/mol. The van der Waals surface area contributed by atoms with Crippen molar-refractivity contribution in [3.05, 3.63) is 23.5 Å². The highest BCUT2D eigenvalue weighted by atomic mass is 16.5. The molecule has 0 bridgehead atoms. The maximum atomic E-state index is 5.20. The van der Waals surface area contributed by atoms with Crippen molar-refractivity contribution < 1.29 is 4.74 Å². The van der Waals surface area contributed by atoms with Gasteiger partial charge in [0.05, 0.1) is 0 Å². The largest absolute Gasteiger partial charge is 0.338 e. The molecule has 2 aliphatic rings. The number of ether oxygens (including phenoxy) is 1. The molecule has 0 N–H and O–H groups in total. The Hall–Kier alpha value is -1.62. The van der Waals surface area contributed by atoms with Crippen molar-refractivity contribution in [1.29, 1.82) is 0 Å². The first-order chi connectivity index (χ1) is 6.86. The van der Waals surface area contributed by atoms with Gasteiger partial charge in [-0.15, -0.1) is 0 Å². The van der Waals surface area contributed by atoms with Crippen molar-refractivity contribution in [2.45, 2.75) is 6.92 Å². The molecule has 1 aromatic heterocycles. The molecule has 0 fully saturated rings. The fraction of sp³-hybridized carbons (Fsp3) is 0.333. The van der Waals surface area contributed by atoms with Crippen molar-refractivity contribution in [3.8, 4) is 0 Å². The van der Waals surface area contributed by atoms with Crippen LogP contribution in [0.1, 0.15) is 11.4 Å². The highest BCUT2D eigenvalue weighted by Gasteiger charge is 2.23. The first kappa shape index (κ1) is 7.75. The van der Waals surface area contributed by atoms with E-state index in [0.717, 1.165) is 17.2 Å². The zero-order valence-electron chi connectivity index (χ0n) is 7.84. The lowest BCUT2D eigenvalue weighted by atomic mass is 10.3. The zero-order valence-corrected chi connectivity index (χ0v) is 7.84. The predicted molar refractivity (Wildman–Crippen MR) is 52.3 cm³/mol. The van der Waals surface area contributed by atoms with Crippen LogP contribution in [-0.4, -0.2) is 35.2 Å². The Morgan fingerprint density at radius 2 is 2.36 bits per heavy atom. The fourth-order valence-corrected chi connectivity index (χ4v) is 1.68. The molecule has 3 rings (SSSR count). The molecule has 0 saturated carbocycles. The zero-order chi connectivity index (χ0) is 9.54. The van der Waals surface area contributed by atoms with Crippen LogP contribution in [0.25, 0.3) is 0 Å². The van der Waals surface area contributed by atoms with E-state index < -0.39 is 0 Å². The molecule has 0 saturated heterocycles. The number of aromatic nitrogens is 1. The van der Waals surface area contributed by atoms with E-state index in [1.807, 2.05) is 28.6 Å². The van der Waals surface area contributed by atoms with Gasteiger partial charge in [0, 0.05) is 5.69 Å². The van der Waals surface area contributed by atoms with Gasteiger partial charge in [-0.2, -0.15) is 5.10 Å². The molecule has 0 radical (unpaired) electrons. The molecule has 14 heavy (non-hydrogen) atoms.